The van der Waals surface area contributed by atoms with E-state index in [-0.39, 0.29) is 18.5 Å². The number of hydrogen-bond donors (Lipinski definition) is 1. The molecule has 0 saturated heterocycles. The molecule has 0 fully saturated rings. The van der Waals surface area contributed by atoms with Crippen LogP contribution in [0.3, 0.4) is 0 Å². The summed E-state index contributed by atoms with van der Waals surface area (Å²) in [6.45, 7) is 7.27. The summed E-state index contributed by atoms with van der Waals surface area (Å²) in [4.78, 5) is 28.3. The van der Waals surface area contributed by atoms with Gasteiger partial charge in [0.1, 0.15) is 18.3 Å². The highest BCUT2D eigenvalue weighted by Gasteiger charge is 2.32. The van der Waals surface area contributed by atoms with Gasteiger partial charge in [0.25, 0.3) is 0 Å². The number of ether oxygens (including phenoxy) is 1. The molecule has 198 valence electrons. The second kappa shape index (κ2) is 13.1. The Hall–Kier alpha value is -2.59. The molecule has 0 aliphatic carbocycles. The van der Waals surface area contributed by atoms with Crippen molar-refractivity contribution in [3.05, 3.63) is 58.1 Å². The maximum Gasteiger partial charge on any atom is 0.244 e. The van der Waals surface area contributed by atoms with Gasteiger partial charge in [-0.25, -0.2) is 8.42 Å². The minimum atomic E-state index is -3.78. The highest BCUT2D eigenvalue weighted by atomic mass is 79.9. The van der Waals surface area contributed by atoms with E-state index in [4.69, 9.17) is 4.74 Å². The van der Waals surface area contributed by atoms with Gasteiger partial charge in [0.15, 0.2) is 0 Å². The van der Waals surface area contributed by atoms with Crippen LogP contribution in [0.5, 0.6) is 5.75 Å². The second-order valence-corrected chi connectivity index (χ2v) is 11.6. The molecule has 0 saturated carbocycles. The first-order chi connectivity index (χ1) is 16.9. The van der Waals surface area contributed by atoms with Crippen LogP contribution in [-0.2, 0) is 26.2 Å². The molecule has 8 nitrogen and oxygen atoms in total. The van der Waals surface area contributed by atoms with Crippen LogP contribution >= 0.6 is 15.9 Å². The third kappa shape index (κ3) is 7.96. The summed E-state index contributed by atoms with van der Waals surface area (Å²) in [5.74, 6) is -0.0610. The van der Waals surface area contributed by atoms with Gasteiger partial charge in [-0.3, -0.25) is 13.9 Å². The van der Waals surface area contributed by atoms with Crippen molar-refractivity contribution in [1.82, 2.24) is 10.2 Å². The van der Waals surface area contributed by atoms with Gasteiger partial charge >= 0.3 is 0 Å². The zero-order valence-corrected chi connectivity index (χ0v) is 24.1. The van der Waals surface area contributed by atoms with E-state index in [1.807, 2.05) is 39.8 Å². The first kappa shape index (κ1) is 29.6. The quantitative estimate of drug-likeness (QED) is 0.404. The minimum absolute atomic E-state index is 0.0530. The average molecular weight is 583 g/mol. The van der Waals surface area contributed by atoms with Gasteiger partial charge in [0.2, 0.25) is 21.8 Å². The van der Waals surface area contributed by atoms with Crippen LogP contribution in [0.15, 0.2) is 46.9 Å². The third-order valence-electron chi connectivity index (χ3n) is 6.01. The molecule has 36 heavy (non-hydrogen) atoms. The lowest BCUT2D eigenvalue weighted by atomic mass is 10.1. The zero-order valence-electron chi connectivity index (χ0n) is 21.7. The van der Waals surface area contributed by atoms with Crippen LogP contribution in [-0.4, -0.2) is 57.1 Å². The lowest BCUT2D eigenvalue weighted by Crippen LogP contribution is -2.53. The molecule has 2 rings (SSSR count). The van der Waals surface area contributed by atoms with Gasteiger partial charge in [-0.1, -0.05) is 41.9 Å². The lowest BCUT2D eigenvalue weighted by molar-refractivity contribution is -0.140. The summed E-state index contributed by atoms with van der Waals surface area (Å²) in [7, 11) is -2.21. The molecule has 2 aromatic rings. The standard InChI is InChI=1S/C26H36BrN3O5S/c1-7-19(4)28-26(32)24(8-2)29(16-20-9-12-22(35-5)13-10-20)25(31)17-30(36(6,33)34)21-11-14-23(27)18(3)15-21/h9-15,19,24H,7-8,16-17H2,1-6H3,(H,28,32)/t19-,24+/m1/s1. The van der Waals surface area contributed by atoms with Gasteiger partial charge < -0.3 is 15.0 Å². The third-order valence-corrected chi connectivity index (χ3v) is 8.04. The van der Waals surface area contributed by atoms with Crippen molar-refractivity contribution in [3.8, 4) is 5.75 Å². The van der Waals surface area contributed by atoms with Crippen LogP contribution in [0.2, 0.25) is 0 Å². The molecule has 0 aliphatic heterocycles. The molecule has 2 aromatic carbocycles. The van der Waals surface area contributed by atoms with Gasteiger partial charge in [-0.05, 0) is 68.1 Å². The van der Waals surface area contributed by atoms with Gasteiger partial charge in [0.05, 0.1) is 19.1 Å². The van der Waals surface area contributed by atoms with Crippen molar-refractivity contribution in [3.63, 3.8) is 0 Å². The molecule has 0 bridgehead atoms. The molecular formula is C26H36BrN3O5S. The first-order valence-electron chi connectivity index (χ1n) is 11.9. The van der Waals surface area contributed by atoms with E-state index >= 15 is 0 Å². The summed E-state index contributed by atoms with van der Waals surface area (Å²) in [6.07, 6.45) is 2.19. The fourth-order valence-electron chi connectivity index (χ4n) is 3.69. The predicted molar refractivity (Wildman–Crippen MR) is 147 cm³/mol. The molecule has 2 amide bonds. The maximum absolute atomic E-state index is 13.7. The summed E-state index contributed by atoms with van der Waals surface area (Å²) in [5.41, 5.74) is 2.01. The second-order valence-electron chi connectivity index (χ2n) is 8.81. The van der Waals surface area contributed by atoms with E-state index in [1.165, 1.54) is 4.90 Å². The Morgan fingerprint density at radius 1 is 1.08 bits per heavy atom. The monoisotopic (exact) mass is 581 g/mol. The lowest BCUT2D eigenvalue weighted by Gasteiger charge is -2.33. The number of methoxy groups -OCH3 is 1. The molecule has 0 radical (unpaired) electrons. The van der Waals surface area contributed by atoms with Crippen molar-refractivity contribution < 1.29 is 22.7 Å². The summed E-state index contributed by atoms with van der Waals surface area (Å²) >= 11 is 3.42. The Morgan fingerprint density at radius 3 is 2.22 bits per heavy atom. The number of aryl methyl sites for hydroxylation is 1. The molecule has 0 spiro atoms. The number of carbonyl (C=O) groups excluding carboxylic acids is 2. The number of sulfonamides is 1. The van der Waals surface area contributed by atoms with Crippen molar-refractivity contribution in [2.45, 2.75) is 59.2 Å². The molecular weight excluding hydrogens is 546 g/mol. The highest BCUT2D eigenvalue weighted by Crippen LogP contribution is 2.25. The number of nitrogens with zero attached hydrogens (tertiary/aromatic N) is 2. The van der Waals surface area contributed by atoms with Crippen molar-refractivity contribution >= 4 is 43.5 Å². The van der Waals surface area contributed by atoms with E-state index in [9.17, 15) is 18.0 Å². The predicted octanol–water partition coefficient (Wildman–Crippen LogP) is 4.25. The molecule has 10 heteroatoms. The number of anilines is 1. The number of rotatable bonds is 12. The number of amides is 2. The number of hydrogen-bond acceptors (Lipinski definition) is 5. The summed E-state index contributed by atoms with van der Waals surface area (Å²) in [5, 5.41) is 2.96. The number of benzene rings is 2. The first-order valence-corrected chi connectivity index (χ1v) is 14.5. The van der Waals surface area contributed by atoms with Crippen LogP contribution in [0, 0.1) is 6.92 Å². The fourth-order valence-corrected chi connectivity index (χ4v) is 4.77. The van der Waals surface area contributed by atoms with E-state index in [1.54, 1.807) is 37.4 Å². The molecule has 0 aliphatic rings. The Morgan fingerprint density at radius 2 is 1.72 bits per heavy atom. The van der Waals surface area contributed by atoms with Gasteiger partial charge in [0, 0.05) is 17.1 Å². The number of carbonyl (C=O) groups is 2. The largest absolute Gasteiger partial charge is 0.497 e. The fraction of sp³-hybridized carbons (Fsp3) is 0.462. The normalized spacial score (nSPS) is 13.0. The van der Waals surface area contributed by atoms with Crippen molar-refractivity contribution in [1.29, 1.82) is 0 Å². The molecule has 2 atom stereocenters. The van der Waals surface area contributed by atoms with Crippen molar-refractivity contribution in [2.75, 3.05) is 24.2 Å². The van der Waals surface area contributed by atoms with Crippen LogP contribution < -0.4 is 14.4 Å². The van der Waals surface area contributed by atoms with Gasteiger partial charge in [-0.15, -0.1) is 0 Å². The van der Waals surface area contributed by atoms with Crippen LogP contribution in [0.4, 0.5) is 5.69 Å². The van der Waals surface area contributed by atoms with E-state index in [0.717, 1.165) is 32.6 Å². The van der Waals surface area contributed by atoms with E-state index in [2.05, 4.69) is 21.2 Å². The van der Waals surface area contributed by atoms with E-state index in [0.29, 0.717) is 17.9 Å². The molecule has 0 unspecified atom stereocenters. The Bertz CT molecular complexity index is 1150. The highest BCUT2D eigenvalue weighted by molar-refractivity contribution is 9.10. The number of nitrogens with one attached hydrogen (secondary N) is 1. The Balaban J connectivity index is 2.45. The smallest absolute Gasteiger partial charge is 0.244 e. The SMILES string of the molecule is CC[C@@H](C)NC(=O)[C@H](CC)N(Cc1ccc(OC)cc1)C(=O)CN(c1ccc(Br)c(C)c1)S(C)(=O)=O. The summed E-state index contributed by atoms with van der Waals surface area (Å²) < 4.78 is 32.6. The van der Waals surface area contributed by atoms with Gasteiger partial charge in [-0.2, -0.15) is 0 Å². The molecule has 0 heterocycles. The van der Waals surface area contributed by atoms with Crippen LogP contribution in [0.25, 0.3) is 0 Å². The summed E-state index contributed by atoms with van der Waals surface area (Å²) in [6, 6.07) is 11.5. The number of halogens is 1. The zero-order chi connectivity index (χ0) is 27.0. The minimum Gasteiger partial charge on any atom is -0.497 e. The maximum atomic E-state index is 13.7. The molecule has 1 N–H and O–H groups in total. The van der Waals surface area contributed by atoms with Crippen LogP contribution in [0.1, 0.15) is 44.7 Å². The Kier molecular flexibility index (Phi) is 10.8. The van der Waals surface area contributed by atoms with Crippen molar-refractivity contribution in [2.24, 2.45) is 0 Å². The average Bonchev–Trinajstić information content (AvgIpc) is 2.83. The Labute approximate surface area is 223 Å². The van der Waals surface area contributed by atoms with E-state index < -0.39 is 28.5 Å². The topological polar surface area (TPSA) is 96.0 Å². The molecule has 0 aromatic heterocycles.